The molecule has 6 rings (SSSR count). The fourth-order valence-corrected chi connectivity index (χ4v) is 6.76. The van der Waals surface area contributed by atoms with E-state index in [0.29, 0.717) is 16.6 Å². The first kappa shape index (κ1) is 27.3. The van der Waals surface area contributed by atoms with E-state index in [2.05, 4.69) is 30.9 Å². The summed E-state index contributed by atoms with van der Waals surface area (Å²) < 4.78 is 69.2. The van der Waals surface area contributed by atoms with Gasteiger partial charge < -0.3 is 24.7 Å². The van der Waals surface area contributed by atoms with Gasteiger partial charge >= 0.3 is 14.0 Å². The van der Waals surface area contributed by atoms with E-state index in [9.17, 15) is 13.8 Å². The van der Waals surface area contributed by atoms with Gasteiger partial charge in [-0.1, -0.05) is 15.9 Å². The number of anilines is 1. The van der Waals surface area contributed by atoms with Gasteiger partial charge in [-0.15, -0.1) is 0 Å². The molecular formula is C23H24BrFN5O9P. The second-order valence-corrected chi connectivity index (χ2v) is 11.9. The molecule has 0 amide bonds. The molecule has 5 heterocycles. The topological polar surface area (TPSA) is 168 Å². The Morgan fingerprint density at radius 3 is 2.98 bits per heavy atom. The Balaban J connectivity index is 1.24. The van der Waals surface area contributed by atoms with Crippen LogP contribution in [0.25, 0.3) is 11.2 Å². The molecule has 1 aromatic carbocycles. The molecule has 0 aliphatic carbocycles. The van der Waals surface area contributed by atoms with Crippen LogP contribution in [-0.4, -0.2) is 63.3 Å². The third-order valence-electron chi connectivity index (χ3n) is 6.75. The fourth-order valence-electron chi connectivity index (χ4n) is 4.99. The second kappa shape index (κ2) is 10.2. The summed E-state index contributed by atoms with van der Waals surface area (Å²) in [6, 6.07) is 4.37. The van der Waals surface area contributed by atoms with Gasteiger partial charge in [-0.05, 0) is 32.0 Å². The molecule has 6 atom stereocenters. The van der Waals surface area contributed by atoms with Crippen LogP contribution in [0.1, 0.15) is 38.2 Å². The van der Waals surface area contributed by atoms with Crippen molar-refractivity contribution < 1.29 is 46.3 Å². The first-order chi connectivity index (χ1) is 19.1. The lowest BCUT2D eigenvalue weighted by molar-refractivity contribution is -0.0926. The van der Waals surface area contributed by atoms with Crippen LogP contribution >= 0.6 is 23.8 Å². The molecule has 40 heavy (non-hydrogen) atoms. The first-order valence-electron chi connectivity index (χ1n) is 12.3. The van der Waals surface area contributed by atoms with Gasteiger partial charge in [0.05, 0.1) is 32.3 Å². The summed E-state index contributed by atoms with van der Waals surface area (Å²) in [6.45, 7) is 3.37. The first-order valence-corrected chi connectivity index (χ1v) is 14.6. The Kier molecular flexibility index (Phi) is 6.95. The normalized spacial score (nSPS) is 31.6. The maximum Gasteiger partial charge on any atom is 0.509 e. The summed E-state index contributed by atoms with van der Waals surface area (Å²) in [5.41, 5.74) is 5.34. The quantitative estimate of drug-likeness (QED) is 0.287. The van der Waals surface area contributed by atoms with Crippen molar-refractivity contribution in [3.05, 3.63) is 40.4 Å². The lowest BCUT2D eigenvalue weighted by Crippen LogP contribution is -2.42. The molecule has 3 aliphatic rings. The summed E-state index contributed by atoms with van der Waals surface area (Å²) >= 11 is 3.30. The monoisotopic (exact) mass is 643 g/mol. The molecular weight excluding hydrogens is 620 g/mol. The molecule has 0 saturated carbocycles. The van der Waals surface area contributed by atoms with Crippen LogP contribution in [0.15, 0.2) is 29.0 Å². The van der Waals surface area contributed by atoms with E-state index >= 15 is 0 Å². The summed E-state index contributed by atoms with van der Waals surface area (Å²) in [5.74, 6) is -0.388. The van der Waals surface area contributed by atoms with Crippen molar-refractivity contribution in [1.82, 2.24) is 19.5 Å². The molecule has 3 aromatic rings. The minimum atomic E-state index is -4.15. The Bertz CT molecular complexity index is 1530. The number of nitrogen functional groups attached to an aromatic ring is 1. The highest BCUT2D eigenvalue weighted by Gasteiger charge is 2.64. The maximum absolute atomic E-state index is 14.5. The zero-order valence-corrected chi connectivity index (χ0v) is 23.7. The maximum atomic E-state index is 14.5. The van der Waals surface area contributed by atoms with Gasteiger partial charge in [0.2, 0.25) is 11.8 Å². The van der Waals surface area contributed by atoms with Crippen molar-refractivity contribution in [3.63, 3.8) is 0 Å². The molecule has 2 aromatic heterocycles. The van der Waals surface area contributed by atoms with E-state index in [1.165, 1.54) is 17.0 Å². The molecule has 0 spiro atoms. The van der Waals surface area contributed by atoms with Crippen molar-refractivity contribution >= 4 is 47.0 Å². The number of rotatable bonds is 7. The molecule has 17 heteroatoms. The highest BCUT2D eigenvalue weighted by molar-refractivity contribution is 9.10. The third kappa shape index (κ3) is 4.72. The summed E-state index contributed by atoms with van der Waals surface area (Å²) in [4.78, 5) is 24.9. The Morgan fingerprint density at radius 1 is 1.35 bits per heavy atom. The highest BCUT2D eigenvalue weighted by atomic mass is 79.9. The number of hydrogen-bond acceptors (Lipinski definition) is 13. The number of nitrogens with zero attached hydrogens (tertiary/aromatic N) is 4. The highest BCUT2D eigenvalue weighted by Crippen LogP contribution is 2.58. The lowest BCUT2D eigenvalue weighted by atomic mass is 9.96. The van der Waals surface area contributed by atoms with Crippen molar-refractivity contribution in [1.29, 1.82) is 0 Å². The average molecular weight is 644 g/mol. The number of phosphoric acid groups is 1. The average Bonchev–Trinajstić information content (AvgIpc) is 3.53. The number of fused-ring (bicyclic) bond motifs is 2. The number of hydrogen-bond donors (Lipinski definition) is 1. The Labute approximate surface area is 234 Å². The number of benzene rings is 1. The van der Waals surface area contributed by atoms with Crippen molar-refractivity contribution in [2.45, 2.75) is 50.4 Å². The molecule has 0 radical (unpaired) electrons. The van der Waals surface area contributed by atoms with Crippen molar-refractivity contribution in [2.75, 3.05) is 25.6 Å². The number of halogens is 2. The van der Waals surface area contributed by atoms with Gasteiger partial charge in [-0.3, -0.25) is 18.1 Å². The van der Waals surface area contributed by atoms with Crippen LogP contribution in [0.3, 0.4) is 0 Å². The van der Waals surface area contributed by atoms with Crippen LogP contribution < -0.4 is 10.5 Å². The van der Waals surface area contributed by atoms with Crippen LogP contribution in [0.4, 0.5) is 15.1 Å². The van der Waals surface area contributed by atoms with Crippen molar-refractivity contribution in [2.24, 2.45) is 0 Å². The van der Waals surface area contributed by atoms with Gasteiger partial charge in [0.1, 0.15) is 11.9 Å². The summed E-state index contributed by atoms with van der Waals surface area (Å²) in [5, 5.41) is 0. The molecule has 3 aliphatic heterocycles. The summed E-state index contributed by atoms with van der Waals surface area (Å²) in [6.07, 6.45) is -3.03. The van der Waals surface area contributed by atoms with Crippen LogP contribution in [0.5, 0.6) is 5.88 Å². The molecule has 2 N–H and O–H groups in total. The third-order valence-corrected chi connectivity index (χ3v) is 8.72. The largest absolute Gasteiger partial charge is 0.509 e. The second-order valence-electron chi connectivity index (χ2n) is 9.37. The summed E-state index contributed by atoms with van der Waals surface area (Å²) in [7, 11) is -4.15. The number of imidazole rings is 1. The molecule has 214 valence electrons. The van der Waals surface area contributed by atoms with Gasteiger partial charge in [0, 0.05) is 16.5 Å². The number of carbonyl (C=O) groups excluding carboxylic acids is 1. The molecule has 3 fully saturated rings. The smallest absolute Gasteiger partial charge is 0.476 e. The van der Waals surface area contributed by atoms with E-state index < -0.39 is 49.9 Å². The minimum Gasteiger partial charge on any atom is -0.476 e. The predicted molar refractivity (Wildman–Crippen MR) is 137 cm³/mol. The number of carbonyl (C=O) groups is 1. The van der Waals surface area contributed by atoms with Gasteiger partial charge in [-0.25, -0.2) is 18.7 Å². The van der Waals surface area contributed by atoms with Crippen molar-refractivity contribution in [3.8, 4) is 5.88 Å². The molecule has 0 bridgehead atoms. The molecule has 3 saturated heterocycles. The zero-order chi connectivity index (χ0) is 28.2. The van der Waals surface area contributed by atoms with E-state index in [1.807, 2.05) is 0 Å². The lowest BCUT2D eigenvalue weighted by Gasteiger charge is -2.30. The van der Waals surface area contributed by atoms with E-state index in [0.717, 1.165) is 0 Å². The van der Waals surface area contributed by atoms with Crippen LogP contribution in [0.2, 0.25) is 0 Å². The molecule has 14 nitrogen and oxygen atoms in total. The number of nitrogens with two attached hydrogens (primary N) is 1. The van der Waals surface area contributed by atoms with E-state index in [4.69, 9.17) is 38.3 Å². The number of phosphoric ester groups is 1. The van der Waals surface area contributed by atoms with Crippen LogP contribution in [-0.2, 0) is 32.3 Å². The van der Waals surface area contributed by atoms with Gasteiger partial charge in [-0.2, -0.15) is 9.97 Å². The Morgan fingerprint density at radius 2 is 2.17 bits per heavy atom. The predicted octanol–water partition coefficient (Wildman–Crippen LogP) is 4.20. The van der Waals surface area contributed by atoms with Crippen LogP contribution in [0, 0.1) is 5.82 Å². The van der Waals surface area contributed by atoms with Gasteiger partial charge in [0.25, 0.3) is 0 Å². The number of aromatic nitrogens is 4. The molecule has 0 unspecified atom stereocenters. The Hall–Kier alpha value is -2.88. The number of ether oxygens (including phenoxy) is 4. The minimum absolute atomic E-state index is 0.00556. The SMILES string of the molecule is CCOc1nc(N)nc2c1ncn2[C@@H]1O[C@H](CO[P@]2(=O)OCC[C@H](c3cc(Br)ccc3F)O2)[C@H]2OC(=O)O[C@]21C. The van der Waals surface area contributed by atoms with E-state index in [-0.39, 0.29) is 42.7 Å². The zero-order valence-electron chi connectivity index (χ0n) is 21.2. The van der Waals surface area contributed by atoms with E-state index in [1.54, 1.807) is 26.0 Å². The fraction of sp³-hybridized carbons (Fsp3) is 0.478. The van der Waals surface area contributed by atoms with Gasteiger partial charge in [0.15, 0.2) is 29.1 Å². The standard InChI is InChI=1S/C23H24BrFN5O9P/c1-3-33-19-16-18(28-21(26)29-19)30(10-27-16)20-23(2)17(37-22(31)38-23)15(36-20)9-35-40(32)34-7-6-14(39-40)12-8-11(24)4-5-13(12)25/h4-5,8,10,14-15,17,20H,3,6-7,9H2,1-2H3,(H2,26,28,29)/t14-,15-,17-,20-,23-,40+/m1/s1.